The van der Waals surface area contributed by atoms with E-state index in [0.29, 0.717) is 5.11 Å². The maximum absolute atomic E-state index is 5.56. The molecule has 0 heterocycles. The molecule has 124 valence electrons. The molecule has 1 aliphatic carbocycles. The largest absolute Gasteiger partial charge is 0.495 e. The van der Waals surface area contributed by atoms with Crippen LogP contribution < -0.4 is 15.4 Å². The number of hydrogen-bond acceptors (Lipinski definition) is 2. The Labute approximate surface area is 152 Å². The van der Waals surface area contributed by atoms with Crippen LogP contribution >= 0.6 is 12.2 Å². The molecule has 4 rings (SSSR count). The van der Waals surface area contributed by atoms with Crippen LogP contribution in [0.4, 0.5) is 5.69 Å². The van der Waals surface area contributed by atoms with Crippen molar-refractivity contribution in [1.82, 2.24) is 5.32 Å². The Morgan fingerprint density at radius 1 is 0.840 bits per heavy atom. The fraction of sp³-hybridized carbons (Fsp3) is 0.0952. The Balaban J connectivity index is 1.61. The van der Waals surface area contributed by atoms with Crippen LogP contribution in [0.3, 0.4) is 0 Å². The first-order valence-corrected chi connectivity index (χ1v) is 8.57. The molecule has 3 aromatic carbocycles. The van der Waals surface area contributed by atoms with Gasteiger partial charge >= 0.3 is 0 Å². The molecule has 0 aliphatic heterocycles. The molecule has 0 bridgehead atoms. The van der Waals surface area contributed by atoms with Gasteiger partial charge in [-0.2, -0.15) is 0 Å². The van der Waals surface area contributed by atoms with E-state index in [2.05, 4.69) is 59.2 Å². The molecule has 0 saturated carbocycles. The third-order valence-electron chi connectivity index (χ3n) is 4.46. The number of hydrogen-bond donors (Lipinski definition) is 2. The average Bonchev–Trinajstić information content (AvgIpc) is 2.96. The van der Waals surface area contributed by atoms with Crippen molar-refractivity contribution in [1.29, 1.82) is 0 Å². The molecule has 4 heteroatoms. The lowest BCUT2D eigenvalue weighted by Gasteiger charge is -2.19. The van der Waals surface area contributed by atoms with Gasteiger partial charge in [0, 0.05) is 0 Å². The molecule has 3 nitrogen and oxygen atoms in total. The van der Waals surface area contributed by atoms with E-state index in [1.165, 1.54) is 22.3 Å². The second-order valence-electron chi connectivity index (χ2n) is 5.91. The summed E-state index contributed by atoms with van der Waals surface area (Å²) in [5.74, 6) is 0.763. The van der Waals surface area contributed by atoms with Gasteiger partial charge in [-0.3, -0.25) is 0 Å². The zero-order valence-electron chi connectivity index (χ0n) is 13.8. The van der Waals surface area contributed by atoms with Gasteiger partial charge in [0.25, 0.3) is 0 Å². The Bertz CT molecular complexity index is 893. The Morgan fingerprint density at radius 3 is 2.04 bits per heavy atom. The monoisotopic (exact) mass is 346 g/mol. The number of para-hydroxylation sites is 2. The van der Waals surface area contributed by atoms with Crippen LogP contribution in [0.1, 0.15) is 17.2 Å². The summed E-state index contributed by atoms with van der Waals surface area (Å²) >= 11 is 5.56. The van der Waals surface area contributed by atoms with Crippen molar-refractivity contribution in [3.8, 4) is 16.9 Å². The smallest absolute Gasteiger partial charge is 0.171 e. The highest BCUT2D eigenvalue weighted by molar-refractivity contribution is 7.80. The van der Waals surface area contributed by atoms with E-state index in [0.717, 1.165) is 11.4 Å². The third-order valence-corrected chi connectivity index (χ3v) is 4.68. The highest BCUT2D eigenvalue weighted by Crippen LogP contribution is 2.43. The summed E-state index contributed by atoms with van der Waals surface area (Å²) in [5.41, 5.74) is 5.86. The number of benzene rings is 3. The standard InChI is InChI=1S/C21H18N2OS/c1-24-19-13-7-6-12-18(19)22-21(25)23-20-16-10-4-2-8-14(16)15-9-3-5-11-17(15)20/h2-13,20H,1H3,(H2,22,23,25). The molecule has 1 aliphatic rings. The number of methoxy groups -OCH3 is 1. The summed E-state index contributed by atoms with van der Waals surface area (Å²) < 4.78 is 5.38. The minimum Gasteiger partial charge on any atom is -0.495 e. The molecule has 0 unspecified atom stereocenters. The number of nitrogens with one attached hydrogen (secondary N) is 2. The minimum absolute atomic E-state index is 0.0436. The van der Waals surface area contributed by atoms with Crippen molar-refractivity contribution in [2.75, 3.05) is 12.4 Å². The molecule has 0 atom stereocenters. The second-order valence-corrected chi connectivity index (χ2v) is 6.31. The van der Waals surface area contributed by atoms with E-state index in [9.17, 15) is 0 Å². The lowest BCUT2D eigenvalue weighted by molar-refractivity contribution is 0.417. The highest BCUT2D eigenvalue weighted by Gasteiger charge is 2.28. The summed E-state index contributed by atoms with van der Waals surface area (Å²) in [6, 6.07) is 24.7. The van der Waals surface area contributed by atoms with Gasteiger partial charge in [0.2, 0.25) is 0 Å². The molecule has 0 aromatic heterocycles. The van der Waals surface area contributed by atoms with Crippen molar-refractivity contribution in [2.45, 2.75) is 6.04 Å². The Hall–Kier alpha value is -2.85. The summed E-state index contributed by atoms with van der Waals surface area (Å²) in [4.78, 5) is 0. The van der Waals surface area contributed by atoms with Gasteiger partial charge < -0.3 is 15.4 Å². The molecule has 2 N–H and O–H groups in total. The second kappa shape index (κ2) is 6.57. The van der Waals surface area contributed by atoms with Gasteiger partial charge in [-0.15, -0.1) is 0 Å². The number of anilines is 1. The number of rotatable bonds is 3. The van der Waals surface area contributed by atoms with Gasteiger partial charge in [-0.25, -0.2) is 0 Å². The molecule has 3 aromatic rings. The van der Waals surface area contributed by atoms with E-state index in [4.69, 9.17) is 17.0 Å². The number of fused-ring (bicyclic) bond motifs is 3. The summed E-state index contributed by atoms with van der Waals surface area (Å²) in [7, 11) is 1.65. The summed E-state index contributed by atoms with van der Waals surface area (Å²) in [5, 5.41) is 7.27. The van der Waals surface area contributed by atoms with Crippen LogP contribution in [0, 0.1) is 0 Å². The van der Waals surface area contributed by atoms with Crippen molar-refractivity contribution in [3.63, 3.8) is 0 Å². The predicted molar refractivity (Wildman–Crippen MR) is 106 cm³/mol. The van der Waals surface area contributed by atoms with Crippen LogP contribution in [0.15, 0.2) is 72.8 Å². The topological polar surface area (TPSA) is 33.3 Å². The normalized spacial score (nSPS) is 12.2. The highest BCUT2D eigenvalue weighted by atomic mass is 32.1. The molecule has 0 fully saturated rings. The molecular formula is C21H18N2OS. The molecule has 0 saturated heterocycles. The van der Waals surface area contributed by atoms with Crippen LogP contribution in [0.5, 0.6) is 5.75 Å². The molecular weight excluding hydrogens is 328 g/mol. The van der Waals surface area contributed by atoms with Gasteiger partial charge in [0.1, 0.15) is 5.75 Å². The Morgan fingerprint density at radius 2 is 1.40 bits per heavy atom. The van der Waals surface area contributed by atoms with Crippen LogP contribution in [-0.2, 0) is 0 Å². The van der Waals surface area contributed by atoms with E-state index in [-0.39, 0.29) is 6.04 Å². The lowest BCUT2D eigenvalue weighted by atomic mass is 10.1. The Kier molecular flexibility index (Phi) is 4.12. The minimum atomic E-state index is 0.0436. The SMILES string of the molecule is COc1ccccc1NC(=S)NC1c2ccccc2-c2ccccc21. The molecule has 0 radical (unpaired) electrons. The van der Waals surface area contributed by atoms with Gasteiger partial charge in [0.05, 0.1) is 18.8 Å². The van der Waals surface area contributed by atoms with Crippen LogP contribution in [0.2, 0.25) is 0 Å². The van der Waals surface area contributed by atoms with E-state index in [1.807, 2.05) is 24.3 Å². The summed E-state index contributed by atoms with van der Waals surface area (Å²) in [6.45, 7) is 0. The molecule has 0 spiro atoms. The zero-order valence-corrected chi connectivity index (χ0v) is 14.6. The van der Waals surface area contributed by atoms with E-state index < -0.39 is 0 Å². The fourth-order valence-corrected chi connectivity index (χ4v) is 3.58. The lowest BCUT2D eigenvalue weighted by Crippen LogP contribution is -2.32. The number of thiocarbonyl (C=S) groups is 1. The quantitative estimate of drug-likeness (QED) is 0.671. The first kappa shape index (κ1) is 15.7. The number of ether oxygens (including phenoxy) is 1. The third kappa shape index (κ3) is 2.85. The zero-order chi connectivity index (χ0) is 17.2. The molecule has 0 amide bonds. The van der Waals surface area contributed by atoms with E-state index in [1.54, 1.807) is 7.11 Å². The van der Waals surface area contributed by atoms with Crippen molar-refractivity contribution in [3.05, 3.63) is 83.9 Å². The van der Waals surface area contributed by atoms with Crippen molar-refractivity contribution in [2.24, 2.45) is 0 Å². The maximum atomic E-state index is 5.56. The van der Waals surface area contributed by atoms with Crippen LogP contribution in [0.25, 0.3) is 11.1 Å². The maximum Gasteiger partial charge on any atom is 0.171 e. The van der Waals surface area contributed by atoms with Crippen molar-refractivity contribution >= 4 is 23.0 Å². The van der Waals surface area contributed by atoms with Gasteiger partial charge in [-0.05, 0) is 46.6 Å². The van der Waals surface area contributed by atoms with Crippen molar-refractivity contribution < 1.29 is 4.74 Å². The first-order valence-electron chi connectivity index (χ1n) is 8.16. The van der Waals surface area contributed by atoms with Gasteiger partial charge in [0.15, 0.2) is 5.11 Å². The predicted octanol–water partition coefficient (Wildman–Crippen LogP) is 4.75. The average molecular weight is 346 g/mol. The first-order chi connectivity index (χ1) is 12.3. The fourth-order valence-electron chi connectivity index (χ4n) is 3.35. The summed E-state index contributed by atoms with van der Waals surface area (Å²) in [6.07, 6.45) is 0. The van der Waals surface area contributed by atoms with Crippen LogP contribution in [-0.4, -0.2) is 12.2 Å². The van der Waals surface area contributed by atoms with Gasteiger partial charge in [-0.1, -0.05) is 60.7 Å². The van der Waals surface area contributed by atoms with E-state index >= 15 is 0 Å². The molecule has 25 heavy (non-hydrogen) atoms.